The van der Waals surface area contributed by atoms with Crippen LogP contribution in [0, 0.1) is 0 Å². The van der Waals surface area contributed by atoms with Gasteiger partial charge in [-0.1, -0.05) is 24.3 Å². The molecule has 0 aromatic heterocycles. The highest BCUT2D eigenvalue weighted by atomic mass is 16.4. The van der Waals surface area contributed by atoms with Crippen LogP contribution < -0.4 is 0 Å². The molecule has 1 heterocycles. The first kappa shape index (κ1) is 15.0. The van der Waals surface area contributed by atoms with E-state index in [1.54, 1.807) is 0 Å². The fourth-order valence-corrected chi connectivity index (χ4v) is 3.14. The standard InChI is InChI=1S/C17H25NO2/c1-18-12-5-8-15(11-13-18)16-9-3-2-6-14(16)7-4-10-17(19)20/h2-3,6,9,15H,4-5,7-8,10-13H2,1H3,(H,19,20). The van der Waals surface area contributed by atoms with Gasteiger partial charge in [0.1, 0.15) is 0 Å². The maximum Gasteiger partial charge on any atom is 0.303 e. The van der Waals surface area contributed by atoms with Crippen molar-refractivity contribution in [2.24, 2.45) is 0 Å². The van der Waals surface area contributed by atoms with Crippen molar-refractivity contribution in [1.29, 1.82) is 0 Å². The van der Waals surface area contributed by atoms with Gasteiger partial charge in [-0.3, -0.25) is 4.79 Å². The Morgan fingerprint density at radius 3 is 2.90 bits per heavy atom. The summed E-state index contributed by atoms with van der Waals surface area (Å²) >= 11 is 0. The number of hydrogen-bond donors (Lipinski definition) is 1. The fourth-order valence-electron chi connectivity index (χ4n) is 3.14. The van der Waals surface area contributed by atoms with Crippen LogP contribution in [0.1, 0.15) is 49.1 Å². The van der Waals surface area contributed by atoms with Gasteiger partial charge in [-0.15, -0.1) is 0 Å². The third-order valence-corrected chi connectivity index (χ3v) is 4.28. The zero-order valence-electron chi connectivity index (χ0n) is 12.3. The Morgan fingerprint density at radius 1 is 1.30 bits per heavy atom. The van der Waals surface area contributed by atoms with Gasteiger partial charge in [0.2, 0.25) is 0 Å². The lowest BCUT2D eigenvalue weighted by Crippen LogP contribution is -2.18. The molecule has 1 atom stereocenters. The van der Waals surface area contributed by atoms with E-state index in [-0.39, 0.29) is 6.42 Å². The highest BCUT2D eigenvalue weighted by Crippen LogP contribution is 2.30. The smallest absolute Gasteiger partial charge is 0.303 e. The van der Waals surface area contributed by atoms with E-state index in [0.29, 0.717) is 5.92 Å². The summed E-state index contributed by atoms with van der Waals surface area (Å²) < 4.78 is 0. The van der Waals surface area contributed by atoms with Crippen LogP contribution in [0.5, 0.6) is 0 Å². The van der Waals surface area contributed by atoms with Crippen molar-refractivity contribution in [3.05, 3.63) is 35.4 Å². The topological polar surface area (TPSA) is 40.5 Å². The fraction of sp³-hybridized carbons (Fsp3) is 0.588. The van der Waals surface area contributed by atoms with Crippen LogP contribution in [-0.4, -0.2) is 36.1 Å². The minimum Gasteiger partial charge on any atom is -0.481 e. The molecule has 0 radical (unpaired) electrons. The van der Waals surface area contributed by atoms with E-state index in [1.165, 1.54) is 36.9 Å². The number of aliphatic carboxylic acids is 1. The van der Waals surface area contributed by atoms with Gasteiger partial charge >= 0.3 is 5.97 Å². The first-order valence-electron chi connectivity index (χ1n) is 7.65. The Hall–Kier alpha value is -1.35. The summed E-state index contributed by atoms with van der Waals surface area (Å²) in [6.07, 6.45) is 5.60. The average Bonchev–Trinajstić information content (AvgIpc) is 2.64. The molecule has 0 saturated carbocycles. The van der Waals surface area contributed by atoms with E-state index in [1.807, 2.05) is 0 Å². The number of carbonyl (C=O) groups is 1. The maximum atomic E-state index is 10.7. The van der Waals surface area contributed by atoms with Crippen molar-refractivity contribution in [2.45, 2.75) is 44.4 Å². The summed E-state index contributed by atoms with van der Waals surface area (Å²) in [5, 5.41) is 8.77. The Bertz CT molecular complexity index is 444. The molecule has 1 N–H and O–H groups in total. The van der Waals surface area contributed by atoms with E-state index in [2.05, 4.69) is 36.2 Å². The van der Waals surface area contributed by atoms with Gasteiger partial charge in [0.05, 0.1) is 0 Å². The van der Waals surface area contributed by atoms with Gasteiger partial charge in [0.25, 0.3) is 0 Å². The second-order valence-corrected chi connectivity index (χ2v) is 5.88. The Balaban J connectivity index is 2.04. The van der Waals surface area contributed by atoms with Crippen LogP contribution in [0.25, 0.3) is 0 Å². The molecular weight excluding hydrogens is 250 g/mol. The summed E-state index contributed by atoms with van der Waals surface area (Å²) in [5.74, 6) is -0.0560. The lowest BCUT2D eigenvalue weighted by molar-refractivity contribution is -0.137. The number of nitrogens with zero attached hydrogens (tertiary/aromatic N) is 1. The van der Waals surface area contributed by atoms with Gasteiger partial charge in [-0.25, -0.2) is 0 Å². The molecular formula is C17H25NO2. The predicted octanol–water partition coefficient (Wildman–Crippen LogP) is 3.29. The van der Waals surface area contributed by atoms with E-state index in [4.69, 9.17) is 5.11 Å². The molecule has 1 fully saturated rings. The average molecular weight is 275 g/mol. The number of benzene rings is 1. The molecule has 1 aromatic rings. The Morgan fingerprint density at radius 2 is 2.10 bits per heavy atom. The molecule has 1 aromatic carbocycles. The molecule has 2 rings (SSSR count). The molecule has 0 bridgehead atoms. The van der Waals surface area contributed by atoms with Gasteiger partial charge in [-0.2, -0.15) is 0 Å². The summed E-state index contributed by atoms with van der Waals surface area (Å²) in [4.78, 5) is 13.1. The van der Waals surface area contributed by atoms with Crippen molar-refractivity contribution in [3.8, 4) is 0 Å². The van der Waals surface area contributed by atoms with Crippen LogP contribution in [0.3, 0.4) is 0 Å². The molecule has 3 heteroatoms. The molecule has 3 nitrogen and oxygen atoms in total. The molecule has 1 saturated heterocycles. The number of aryl methyl sites for hydroxylation is 1. The quantitative estimate of drug-likeness (QED) is 0.896. The minimum absolute atomic E-state index is 0.266. The summed E-state index contributed by atoms with van der Waals surface area (Å²) in [6.45, 7) is 2.35. The third-order valence-electron chi connectivity index (χ3n) is 4.28. The molecule has 0 spiro atoms. The van der Waals surface area contributed by atoms with Crippen LogP contribution in [0.4, 0.5) is 0 Å². The molecule has 1 aliphatic heterocycles. The van der Waals surface area contributed by atoms with Crippen molar-refractivity contribution in [2.75, 3.05) is 20.1 Å². The number of carboxylic acids is 1. The first-order chi connectivity index (χ1) is 9.66. The first-order valence-corrected chi connectivity index (χ1v) is 7.65. The van der Waals surface area contributed by atoms with Crippen molar-refractivity contribution >= 4 is 5.97 Å². The van der Waals surface area contributed by atoms with Gasteiger partial charge in [0, 0.05) is 6.42 Å². The van der Waals surface area contributed by atoms with E-state index < -0.39 is 5.97 Å². The zero-order chi connectivity index (χ0) is 14.4. The molecule has 1 unspecified atom stereocenters. The normalized spacial score (nSPS) is 20.6. The van der Waals surface area contributed by atoms with Crippen LogP contribution >= 0.6 is 0 Å². The zero-order valence-corrected chi connectivity index (χ0v) is 12.3. The lowest BCUT2D eigenvalue weighted by atomic mass is 9.87. The largest absolute Gasteiger partial charge is 0.481 e. The SMILES string of the molecule is CN1CCCC(c2ccccc2CCCC(=O)O)CC1. The molecule has 110 valence electrons. The van der Waals surface area contributed by atoms with Gasteiger partial charge in [-0.05, 0) is 69.3 Å². The third kappa shape index (κ3) is 4.34. The predicted molar refractivity (Wildman–Crippen MR) is 81.1 cm³/mol. The van der Waals surface area contributed by atoms with E-state index >= 15 is 0 Å². The highest BCUT2D eigenvalue weighted by Gasteiger charge is 2.18. The van der Waals surface area contributed by atoms with Crippen LogP contribution in [-0.2, 0) is 11.2 Å². The lowest BCUT2D eigenvalue weighted by Gasteiger charge is -2.19. The van der Waals surface area contributed by atoms with Gasteiger partial charge < -0.3 is 10.0 Å². The number of rotatable bonds is 5. The van der Waals surface area contributed by atoms with E-state index in [9.17, 15) is 4.79 Å². The van der Waals surface area contributed by atoms with Crippen molar-refractivity contribution in [1.82, 2.24) is 4.90 Å². The summed E-state index contributed by atoms with van der Waals surface area (Å²) in [6, 6.07) is 8.60. The van der Waals surface area contributed by atoms with Crippen molar-refractivity contribution < 1.29 is 9.90 Å². The Kier molecular flexibility index (Phi) is 5.60. The second-order valence-electron chi connectivity index (χ2n) is 5.88. The molecule has 0 amide bonds. The Labute approximate surface area is 121 Å². The van der Waals surface area contributed by atoms with Crippen molar-refractivity contribution in [3.63, 3.8) is 0 Å². The van der Waals surface area contributed by atoms with Crippen LogP contribution in [0.2, 0.25) is 0 Å². The number of hydrogen-bond acceptors (Lipinski definition) is 2. The highest BCUT2D eigenvalue weighted by molar-refractivity contribution is 5.66. The summed E-state index contributed by atoms with van der Waals surface area (Å²) in [5.41, 5.74) is 2.80. The molecule has 1 aliphatic rings. The van der Waals surface area contributed by atoms with E-state index in [0.717, 1.165) is 19.4 Å². The number of carboxylic acid groups (broad SMARTS) is 1. The van der Waals surface area contributed by atoms with Crippen LogP contribution in [0.15, 0.2) is 24.3 Å². The monoisotopic (exact) mass is 275 g/mol. The molecule has 0 aliphatic carbocycles. The summed E-state index contributed by atoms with van der Waals surface area (Å²) in [7, 11) is 2.20. The minimum atomic E-state index is -0.696. The maximum absolute atomic E-state index is 10.7. The second kappa shape index (κ2) is 7.44. The van der Waals surface area contributed by atoms with Gasteiger partial charge in [0.15, 0.2) is 0 Å². The molecule has 20 heavy (non-hydrogen) atoms. The number of likely N-dealkylation sites (tertiary alicyclic amines) is 1.